The fraction of sp³-hybridized carbons (Fsp3) is 0.273. The summed E-state index contributed by atoms with van der Waals surface area (Å²) in [4.78, 5) is 30.3. The molecule has 0 saturated carbocycles. The van der Waals surface area contributed by atoms with Crippen LogP contribution >= 0.6 is 15.9 Å². The Bertz CT molecular complexity index is 1120. The highest BCUT2D eigenvalue weighted by Crippen LogP contribution is 2.38. The van der Waals surface area contributed by atoms with E-state index in [1.54, 1.807) is 23.1 Å². The third-order valence-corrected chi connectivity index (χ3v) is 5.60. The highest BCUT2D eigenvalue weighted by atomic mass is 79.9. The Morgan fingerprint density at radius 3 is 2.50 bits per heavy atom. The van der Waals surface area contributed by atoms with E-state index >= 15 is 0 Å². The van der Waals surface area contributed by atoms with Gasteiger partial charge in [0, 0.05) is 17.6 Å². The van der Waals surface area contributed by atoms with Crippen molar-refractivity contribution in [2.45, 2.75) is 13.0 Å². The second-order valence-electron chi connectivity index (χ2n) is 7.43. The van der Waals surface area contributed by atoms with Gasteiger partial charge in [0.2, 0.25) is 5.76 Å². The fourth-order valence-electron chi connectivity index (χ4n) is 3.63. The van der Waals surface area contributed by atoms with Crippen molar-refractivity contribution in [2.75, 3.05) is 27.2 Å². The summed E-state index contributed by atoms with van der Waals surface area (Å²) < 4.78 is 6.74. The van der Waals surface area contributed by atoms with Crippen LogP contribution in [0.25, 0.3) is 11.0 Å². The normalized spacial score (nSPS) is 16.2. The first-order valence-corrected chi connectivity index (χ1v) is 9.94. The molecule has 144 valence electrons. The average molecular weight is 441 g/mol. The lowest BCUT2D eigenvalue weighted by atomic mass is 9.98. The molecule has 0 spiro atoms. The van der Waals surface area contributed by atoms with E-state index in [-0.39, 0.29) is 17.1 Å². The Morgan fingerprint density at radius 2 is 1.82 bits per heavy atom. The van der Waals surface area contributed by atoms with Gasteiger partial charge in [-0.25, -0.2) is 0 Å². The van der Waals surface area contributed by atoms with Crippen molar-refractivity contribution in [1.82, 2.24) is 9.80 Å². The molecule has 1 aliphatic rings. The number of nitrogens with zero attached hydrogens (tertiary/aromatic N) is 2. The molecule has 0 N–H and O–H groups in total. The summed E-state index contributed by atoms with van der Waals surface area (Å²) in [6.07, 6.45) is 0. The number of hydrogen-bond donors (Lipinski definition) is 0. The minimum Gasteiger partial charge on any atom is -0.450 e. The smallest absolute Gasteiger partial charge is 0.290 e. The first kappa shape index (κ1) is 18.9. The third kappa shape index (κ3) is 3.16. The van der Waals surface area contributed by atoms with Crippen LogP contribution in [0.1, 0.15) is 33.3 Å². The van der Waals surface area contributed by atoms with Crippen LogP contribution in [-0.4, -0.2) is 42.9 Å². The number of amides is 1. The van der Waals surface area contributed by atoms with Gasteiger partial charge in [0.25, 0.3) is 5.91 Å². The van der Waals surface area contributed by atoms with Crippen molar-refractivity contribution < 1.29 is 9.21 Å². The number of carbonyl (C=O) groups excluding carboxylic acids is 1. The maximum Gasteiger partial charge on any atom is 0.290 e. The first-order valence-electron chi connectivity index (χ1n) is 9.15. The molecule has 1 unspecified atom stereocenters. The molecule has 28 heavy (non-hydrogen) atoms. The zero-order valence-corrected chi connectivity index (χ0v) is 17.6. The van der Waals surface area contributed by atoms with Gasteiger partial charge in [0.1, 0.15) is 5.58 Å². The SMILES string of the molecule is Cc1ccc(C2c3c(oc4ccc(Br)cc4c3=O)C(=O)N2CCN(C)C)cc1. The maximum atomic E-state index is 13.4. The van der Waals surface area contributed by atoms with Gasteiger partial charge in [-0.2, -0.15) is 0 Å². The van der Waals surface area contributed by atoms with Crippen LogP contribution in [-0.2, 0) is 0 Å². The molecular formula is C22H21BrN2O3. The lowest BCUT2D eigenvalue weighted by Crippen LogP contribution is -2.35. The monoisotopic (exact) mass is 440 g/mol. The summed E-state index contributed by atoms with van der Waals surface area (Å²) in [7, 11) is 3.92. The summed E-state index contributed by atoms with van der Waals surface area (Å²) >= 11 is 3.42. The summed E-state index contributed by atoms with van der Waals surface area (Å²) in [5.74, 6) is -0.0755. The van der Waals surface area contributed by atoms with E-state index in [1.165, 1.54) is 0 Å². The van der Waals surface area contributed by atoms with Gasteiger partial charge in [-0.1, -0.05) is 45.8 Å². The molecular weight excluding hydrogens is 420 g/mol. The Kier molecular flexibility index (Phi) is 4.85. The second-order valence-corrected chi connectivity index (χ2v) is 8.35. The Morgan fingerprint density at radius 1 is 1.11 bits per heavy atom. The van der Waals surface area contributed by atoms with Crippen LogP contribution < -0.4 is 5.43 Å². The number of benzene rings is 2. The van der Waals surface area contributed by atoms with E-state index in [0.717, 1.165) is 15.6 Å². The quantitative estimate of drug-likeness (QED) is 0.615. The Labute approximate surface area is 171 Å². The van der Waals surface area contributed by atoms with Crippen LogP contribution in [0, 0.1) is 6.92 Å². The average Bonchev–Trinajstić information content (AvgIpc) is 2.94. The Hall–Kier alpha value is -2.44. The summed E-state index contributed by atoms with van der Waals surface area (Å²) in [5, 5.41) is 0.479. The Balaban J connectivity index is 1.94. The van der Waals surface area contributed by atoms with Gasteiger partial charge in [0.05, 0.1) is 17.0 Å². The molecule has 1 aliphatic heterocycles. The summed E-state index contributed by atoms with van der Waals surface area (Å²) in [5.41, 5.74) is 2.75. The topological polar surface area (TPSA) is 53.8 Å². The maximum absolute atomic E-state index is 13.4. The highest BCUT2D eigenvalue weighted by molar-refractivity contribution is 9.10. The molecule has 1 amide bonds. The molecule has 6 heteroatoms. The zero-order chi connectivity index (χ0) is 20.0. The van der Waals surface area contributed by atoms with Crippen LogP contribution in [0.5, 0.6) is 0 Å². The van der Waals surface area contributed by atoms with Crippen molar-refractivity contribution in [2.24, 2.45) is 0 Å². The van der Waals surface area contributed by atoms with Crippen LogP contribution in [0.2, 0.25) is 0 Å². The minimum atomic E-state index is -0.442. The second kappa shape index (κ2) is 7.18. The fourth-order valence-corrected chi connectivity index (χ4v) is 3.99. The molecule has 0 bridgehead atoms. The molecule has 0 saturated heterocycles. The summed E-state index contributed by atoms with van der Waals surface area (Å²) in [6.45, 7) is 3.22. The number of halogens is 1. The van der Waals surface area contributed by atoms with E-state index in [1.807, 2.05) is 50.2 Å². The van der Waals surface area contributed by atoms with Crippen molar-refractivity contribution in [3.05, 3.63) is 79.6 Å². The molecule has 0 radical (unpaired) electrons. The van der Waals surface area contributed by atoms with E-state index in [9.17, 15) is 9.59 Å². The standard InChI is InChI=1S/C22H21BrN2O3/c1-13-4-6-14(7-5-13)19-18-20(26)16-12-15(23)8-9-17(16)28-21(18)22(27)25(19)11-10-24(2)3/h4-9,12,19H,10-11H2,1-3H3. The number of carbonyl (C=O) groups is 1. The van der Waals surface area contributed by atoms with Crippen molar-refractivity contribution in [3.8, 4) is 0 Å². The predicted molar refractivity (Wildman–Crippen MR) is 113 cm³/mol. The molecule has 4 rings (SSSR count). The summed E-state index contributed by atoms with van der Waals surface area (Å²) in [6, 6.07) is 12.8. The van der Waals surface area contributed by atoms with Crippen LogP contribution in [0.15, 0.2) is 56.1 Å². The van der Waals surface area contributed by atoms with Crippen molar-refractivity contribution in [1.29, 1.82) is 0 Å². The van der Waals surface area contributed by atoms with Gasteiger partial charge in [-0.15, -0.1) is 0 Å². The van der Waals surface area contributed by atoms with Crippen molar-refractivity contribution in [3.63, 3.8) is 0 Å². The van der Waals surface area contributed by atoms with Gasteiger partial charge in [-0.3, -0.25) is 9.59 Å². The van der Waals surface area contributed by atoms with Crippen LogP contribution in [0.4, 0.5) is 0 Å². The van der Waals surface area contributed by atoms with Gasteiger partial charge < -0.3 is 14.2 Å². The molecule has 3 aromatic rings. The molecule has 2 heterocycles. The minimum absolute atomic E-state index is 0.149. The highest BCUT2D eigenvalue weighted by Gasteiger charge is 2.42. The van der Waals surface area contributed by atoms with Crippen molar-refractivity contribution >= 4 is 32.8 Å². The van der Waals surface area contributed by atoms with Gasteiger partial charge in [0.15, 0.2) is 5.43 Å². The molecule has 0 fully saturated rings. The molecule has 2 aromatic carbocycles. The largest absolute Gasteiger partial charge is 0.450 e. The van der Waals surface area contributed by atoms with E-state index < -0.39 is 6.04 Å². The number of aryl methyl sites for hydroxylation is 1. The number of rotatable bonds is 4. The number of likely N-dealkylation sites (N-methyl/N-ethyl adjacent to an activating group) is 1. The lowest BCUT2D eigenvalue weighted by Gasteiger charge is -2.26. The lowest BCUT2D eigenvalue weighted by molar-refractivity contribution is 0.0716. The number of hydrogen-bond acceptors (Lipinski definition) is 4. The number of fused-ring (bicyclic) bond motifs is 2. The molecule has 1 aromatic heterocycles. The first-order chi connectivity index (χ1) is 13.4. The van der Waals surface area contributed by atoms with E-state index in [2.05, 4.69) is 15.9 Å². The predicted octanol–water partition coefficient (Wildman–Crippen LogP) is 3.97. The van der Waals surface area contributed by atoms with Gasteiger partial charge in [-0.05, 0) is 44.8 Å². The van der Waals surface area contributed by atoms with Gasteiger partial charge >= 0.3 is 0 Å². The van der Waals surface area contributed by atoms with E-state index in [4.69, 9.17) is 4.42 Å². The molecule has 1 atom stereocenters. The third-order valence-electron chi connectivity index (χ3n) is 5.11. The molecule has 0 aliphatic carbocycles. The molecule has 5 nitrogen and oxygen atoms in total. The zero-order valence-electron chi connectivity index (χ0n) is 16.0. The van der Waals surface area contributed by atoms with Crippen LogP contribution in [0.3, 0.4) is 0 Å². The van der Waals surface area contributed by atoms with E-state index in [0.29, 0.717) is 29.6 Å².